The molecule has 8 nitrogen and oxygen atoms in total. The number of sulfonamides is 1. The van der Waals surface area contributed by atoms with E-state index in [4.69, 9.17) is 4.98 Å². The molecule has 0 bridgehead atoms. The molecule has 1 aliphatic heterocycles. The van der Waals surface area contributed by atoms with Gasteiger partial charge in [0, 0.05) is 12.6 Å². The first-order valence-corrected chi connectivity index (χ1v) is 11.0. The van der Waals surface area contributed by atoms with Crippen LogP contribution in [0.25, 0.3) is 10.2 Å². The van der Waals surface area contributed by atoms with Gasteiger partial charge in [0.25, 0.3) is 5.69 Å². The van der Waals surface area contributed by atoms with E-state index in [2.05, 4.69) is 4.72 Å². The first-order chi connectivity index (χ1) is 13.4. The van der Waals surface area contributed by atoms with Crippen LogP contribution in [-0.2, 0) is 10.0 Å². The van der Waals surface area contributed by atoms with Gasteiger partial charge in [-0.3, -0.25) is 10.1 Å². The van der Waals surface area contributed by atoms with Crippen molar-refractivity contribution in [1.29, 1.82) is 0 Å². The van der Waals surface area contributed by atoms with E-state index >= 15 is 0 Å². The summed E-state index contributed by atoms with van der Waals surface area (Å²) in [5, 5.41) is 12.6. The molecule has 1 saturated heterocycles. The largest absolute Gasteiger partial charge is 0.357 e. The van der Waals surface area contributed by atoms with Gasteiger partial charge < -0.3 is 4.90 Å². The second kappa shape index (κ2) is 7.12. The summed E-state index contributed by atoms with van der Waals surface area (Å²) in [7, 11) is -2.48. The lowest BCUT2D eigenvalue weighted by atomic mass is 10.2. The number of rotatable bonds is 5. The maximum atomic E-state index is 12.0. The monoisotopic (exact) mass is 418 g/mol. The summed E-state index contributed by atoms with van der Waals surface area (Å²) in [5.74, 6) is 0. The SMILES string of the molecule is CNS(=O)(=O)c1ccc(N2CCC[C@@H]2c2nc3ccccc3s2)c([N+](=O)[O-])c1. The van der Waals surface area contributed by atoms with Crippen LogP contribution in [0.1, 0.15) is 23.9 Å². The van der Waals surface area contributed by atoms with Crippen LogP contribution in [-0.4, -0.2) is 31.9 Å². The van der Waals surface area contributed by atoms with Gasteiger partial charge in [-0.15, -0.1) is 11.3 Å². The lowest BCUT2D eigenvalue weighted by Gasteiger charge is -2.25. The molecule has 0 radical (unpaired) electrons. The van der Waals surface area contributed by atoms with Crippen LogP contribution in [0.15, 0.2) is 47.4 Å². The zero-order valence-electron chi connectivity index (χ0n) is 15.0. The highest BCUT2D eigenvalue weighted by atomic mass is 32.2. The van der Waals surface area contributed by atoms with E-state index in [0.717, 1.165) is 34.1 Å². The Morgan fingerprint density at radius 1 is 1.29 bits per heavy atom. The molecule has 3 aromatic rings. The van der Waals surface area contributed by atoms with Crippen molar-refractivity contribution in [1.82, 2.24) is 9.71 Å². The standard InChI is InChI=1S/C18H18N4O4S2/c1-19-28(25,26)12-8-9-14(16(11-12)22(23)24)21-10-4-6-15(21)18-20-13-5-2-3-7-17(13)27-18/h2-3,5,7-9,11,15,19H,4,6,10H2,1H3/t15-/m1/s1. The molecule has 1 aromatic heterocycles. The third-order valence-corrected chi connectivity index (χ3v) is 7.43. The zero-order chi connectivity index (χ0) is 19.9. The van der Waals surface area contributed by atoms with Crippen LogP contribution in [0.2, 0.25) is 0 Å². The molecule has 28 heavy (non-hydrogen) atoms. The molecule has 2 heterocycles. The summed E-state index contributed by atoms with van der Waals surface area (Å²) in [4.78, 5) is 17.7. The number of nitrogens with one attached hydrogen (secondary N) is 1. The van der Waals surface area contributed by atoms with Crippen LogP contribution in [0, 0.1) is 10.1 Å². The second-order valence-corrected chi connectivity index (χ2v) is 9.44. The van der Waals surface area contributed by atoms with Crippen LogP contribution < -0.4 is 9.62 Å². The maximum absolute atomic E-state index is 12.0. The summed E-state index contributed by atoms with van der Waals surface area (Å²) in [6.45, 7) is 0.652. The van der Waals surface area contributed by atoms with E-state index in [1.54, 1.807) is 11.3 Å². The first kappa shape index (κ1) is 18.8. The Balaban J connectivity index is 1.77. The van der Waals surface area contributed by atoms with Crippen molar-refractivity contribution in [2.75, 3.05) is 18.5 Å². The van der Waals surface area contributed by atoms with E-state index in [0.29, 0.717) is 12.2 Å². The van der Waals surface area contributed by atoms with Crippen molar-refractivity contribution in [3.05, 3.63) is 57.6 Å². The van der Waals surface area contributed by atoms with Gasteiger partial charge in [0.2, 0.25) is 10.0 Å². The highest BCUT2D eigenvalue weighted by Gasteiger charge is 2.33. The number of fused-ring (bicyclic) bond motifs is 1. The minimum Gasteiger partial charge on any atom is -0.357 e. The molecule has 0 spiro atoms. The number of aromatic nitrogens is 1. The van der Waals surface area contributed by atoms with E-state index in [-0.39, 0.29) is 16.6 Å². The topological polar surface area (TPSA) is 105 Å². The van der Waals surface area contributed by atoms with Gasteiger partial charge in [-0.1, -0.05) is 12.1 Å². The van der Waals surface area contributed by atoms with Crippen molar-refractivity contribution in [2.45, 2.75) is 23.8 Å². The molecule has 1 atom stereocenters. The number of thiazole rings is 1. The summed E-state index contributed by atoms with van der Waals surface area (Å²) in [5.41, 5.74) is 1.12. The Morgan fingerprint density at radius 2 is 2.07 bits per heavy atom. The summed E-state index contributed by atoms with van der Waals surface area (Å²) >= 11 is 1.59. The molecule has 146 valence electrons. The smallest absolute Gasteiger partial charge is 0.293 e. The normalized spacial score (nSPS) is 17.3. The summed E-state index contributed by atoms with van der Waals surface area (Å²) < 4.78 is 27.3. The molecular weight excluding hydrogens is 400 g/mol. The predicted molar refractivity (Wildman–Crippen MR) is 108 cm³/mol. The Kier molecular flexibility index (Phi) is 4.77. The van der Waals surface area contributed by atoms with E-state index in [9.17, 15) is 18.5 Å². The van der Waals surface area contributed by atoms with Crippen LogP contribution >= 0.6 is 11.3 Å². The highest BCUT2D eigenvalue weighted by Crippen LogP contribution is 2.42. The second-order valence-electron chi connectivity index (χ2n) is 6.49. The Bertz CT molecular complexity index is 1130. The molecule has 0 aliphatic carbocycles. The number of hydrogen-bond donors (Lipinski definition) is 1. The molecule has 0 saturated carbocycles. The van der Waals surface area contributed by atoms with Crippen LogP contribution in [0.3, 0.4) is 0 Å². The number of anilines is 1. The average Bonchev–Trinajstić information content (AvgIpc) is 3.33. The highest BCUT2D eigenvalue weighted by molar-refractivity contribution is 7.89. The molecule has 2 aromatic carbocycles. The van der Waals surface area contributed by atoms with Gasteiger partial charge in [-0.2, -0.15) is 0 Å². The molecule has 0 unspecified atom stereocenters. The quantitative estimate of drug-likeness (QED) is 0.502. The fourth-order valence-corrected chi connectivity index (χ4v) is 5.39. The van der Waals surface area contributed by atoms with E-state index < -0.39 is 14.9 Å². The Morgan fingerprint density at radius 3 is 2.79 bits per heavy atom. The third kappa shape index (κ3) is 3.23. The molecule has 1 fully saturated rings. The molecule has 1 aliphatic rings. The van der Waals surface area contributed by atoms with Gasteiger partial charge in [0.1, 0.15) is 10.7 Å². The van der Waals surface area contributed by atoms with E-state index in [1.165, 1.54) is 19.2 Å². The van der Waals surface area contributed by atoms with Crippen molar-refractivity contribution >= 4 is 43.0 Å². The van der Waals surface area contributed by atoms with E-state index in [1.807, 2.05) is 29.2 Å². The predicted octanol–water partition coefficient (Wildman–Crippen LogP) is 3.45. The Labute approximate surface area is 166 Å². The lowest BCUT2D eigenvalue weighted by molar-refractivity contribution is -0.384. The number of hydrogen-bond acceptors (Lipinski definition) is 7. The van der Waals surface area contributed by atoms with Crippen molar-refractivity contribution in [3.8, 4) is 0 Å². The molecule has 4 rings (SSSR count). The van der Waals surface area contributed by atoms with Crippen LogP contribution in [0.4, 0.5) is 11.4 Å². The van der Waals surface area contributed by atoms with Gasteiger partial charge in [-0.05, 0) is 44.2 Å². The third-order valence-electron chi connectivity index (χ3n) is 4.88. The molecule has 0 amide bonds. The summed E-state index contributed by atoms with van der Waals surface area (Å²) in [6.07, 6.45) is 1.72. The number of benzene rings is 2. The zero-order valence-corrected chi connectivity index (χ0v) is 16.7. The molecular formula is C18H18N4O4S2. The Hall–Kier alpha value is -2.56. The average molecular weight is 419 g/mol. The van der Waals surface area contributed by atoms with Crippen molar-refractivity contribution in [2.24, 2.45) is 0 Å². The number of nitro benzene ring substituents is 1. The fraction of sp³-hybridized carbons (Fsp3) is 0.278. The number of para-hydroxylation sites is 1. The van der Waals surface area contributed by atoms with Gasteiger partial charge in [0.15, 0.2) is 0 Å². The van der Waals surface area contributed by atoms with Gasteiger partial charge in [-0.25, -0.2) is 18.1 Å². The lowest BCUT2D eigenvalue weighted by Crippen LogP contribution is -2.24. The van der Waals surface area contributed by atoms with Crippen molar-refractivity contribution < 1.29 is 13.3 Å². The van der Waals surface area contributed by atoms with Crippen molar-refractivity contribution in [3.63, 3.8) is 0 Å². The molecule has 10 heteroatoms. The van der Waals surface area contributed by atoms with Crippen LogP contribution in [0.5, 0.6) is 0 Å². The number of nitro groups is 1. The number of nitrogens with zero attached hydrogens (tertiary/aromatic N) is 3. The van der Waals surface area contributed by atoms with Gasteiger partial charge in [0.05, 0.1) is 26.1 Å². The maximum Gasteiger partial charge on any atom is 0.293 e. The molecule has 1 N–H and O–H groups in total. The minimum absolute atomic E-state index is 0.0668. The summed E-state index contributed by atoms with van der Waals surface area (Å²) in [6, 6.07) is 11.8. The minimum atomic E-state index is -3.76. The fourth-order valence-electron chi connectivity index (χ4n) is 3.52. The first-order valence-electron chi connectivity index (χ1n) is 8.75. The van der Waals surface area contributed by atoms with Gasteiger partial charge >= 0.3 is 0 Å².